The first-order valence-electron chi connectivity index (χ1n) is 5.66. The monoisotopic (exact) mass is 217 g/mol. The summed E-state index contributed by atoms with van der Waals surface area (Å²) in [4.78, 5) is 0. The first-order chi connectivity index (χ1) is 6.70. The van der Waals surface area contributed by atoms with E-state index in [2.05, 4.69) is 26.1 Å². The molecule has 0 aliphatic carbocycles. The highest BCUT2D eigenvalue weighted by Crippen LogP contribution is 2.15. The minimum absolute atomic E-state index is 0.457. The zero-order valence-corrected chi connectivity index (χ0v) is 10.4. The van der Waals surface area contributed by atoms with E-state index in [1.54, 1.807) is 0 Å². The second-order valence-corrected chi connectivity index (χ2v) is 5.90. The van der Waals surface area contributed by atoms with Crippen molar-refractivity contribution in [1.82, 2.24) is 5.32 Å². The van der Waals surface area contributed by atoms with Gasteiger partial charge in [-0.25, -0.2) is 0 Å². The Bertz CT molecular complexity index is 146. The van der Waals surface area contributed by atoms with Crippen LogP contribution >= 0.6 is 11.8 Å². The molecule has 0 saturated carbocycles. The Kier molecular flexibility index (Phi) is 5.90. The summed E-state index contributed by atoms with van der Waals surface area (Å²) in [6, 6.07) is 0.519. The minimum Gasteiger partial charge on any atom is -0.377 e. The fourth-order valence-corrected chi connectivity index (χ4v) is 2.42. The third-order valence-corrected chi connectivity index (χ3v) is 3.65. The molecule has 2 atom stereocenters. The molecular formula is C11H23NOS. The fraction of sp³-hybridized carbons (Fsp3) is 1.00. The van der Waals surface area contributed by atoms with Crippen LogP contribution in [-0.4, -0.2) is 36.3 Å². The summed E-state index contributed by atoms with van der Waals surface area (Å²) in [5.41, 5.74) is 0. The molecule has 3 heteroatoms. The van der Waals surface area contributed by atoms with Crippen molar-refractivity contribution in [3.8, 4) is 0 Å². The predicted octanol–water partition coefficient (Wildman–Crippen LogP) is 2.29. The Morgan fingerprint density at radius 2 is 2.21 bits per heavy atom. The molecule has 1 N–H and O–H groups in total. The summed E-state index contributed by atoms with van der Waals surface area (Å²) < 4.78 is 5.62. The van der Waals surface area contributed by atoms with Gasteiger partial charge in [-0.2, -0.15) is 11.8 Å². The Hall–Kier alpha value is 0.270. The fourth-order valence-electron chi connectivity index (χ4n) is 1.71. The van der Waals surface area contributed by atoms with E-state index < -0.39 is 0 Å². The van der Waals surface area contributed by atoms with Crippen LogP contribution in [-0.2, 0) is 4.74 Å². The molecule has 0 aromatic rings. The van der Waals surface area contributed by atoms with E-state index in [9.17, 15) is 0 Å². The zero-order valence-electron chi connectivity index (χ0n) is 9.58. The Balaban J connectivity index is 1.99. The van der Waals surface area contributed by atoms with E-state index in [-0.39, 0.29) is 0 Å². The van der Waals surface area contributed by atoms with Crippen LogP contribution in [0.3, 0.4) is 0 Å². The van der Waals surface area contributed by atoms with Crippen LogP contribution in [0.1, 0.15) is 33.6 Å². The molecule has 2 nitrogen and oxygen atoms in total. The highest BCUT2D eigenvalue weighted by molar-refractivity contribution is 7.99. The van der Waals surface area contributed by atoms with E-state index in [1.165, 1.54) is 18.6 Å². The van der Waals surface area contributed by atoms with Gasteiger partial charge < -0.3 is 10.1 Å². The van der Waals surface area contributed by atoms with Crippen molar-refractivity contribution >= 4 is 11.8 Å². The SMILES string of the molecule is CC(C)SCCNC(C)C1CCCO1. The Morgan fingerprint density at radius 3 is 2.79 bits per heavy atom. The highest BCUT2D eigenvalue weighted by Gasteiger charge is 2.21. The van der Waals surface area contributed by atoms with Crippen molar-refractivity contribution in [1.29, 1.82) is 0 Å². The lowest BCUT2D eigenvalue weighted by Crippen LogP contribution is -2.38. The second-order valence-electron chi connectivity index (χ2n) is 4.21. The van der Waals surface area contributed by atoms with Crippen molar-refractivity contribution in [3.63, 3.8) is 0 Å². The van der Waals surface area contributed by atoms with Crippen molar-refractivity contribution in [2.24, 2.45) is 0 Å². The maximum Gasteiger partial charge on any atom is 0.0726 e. The van der Waals surface area contributed by atoms with Gasteiger partial charge in [0.25, 0.3) is 0 Å². The average molecular weight is 217 g/mol. The lowest BCUT2D eigenvalue weighted by Gasteiger charge is -2.20. The van der Waals surface area contributed by atoms with Crippen LogP contribution in [0.15, 0.2) is 0 Å². The highest BCUT2D eigenvalue weighted by atomic mass is 32.2. The molecule has 0 spiro atoms. The quantitative estimate of drug-likeness (QED) is 0.690. The van der Waals surface area contributed by atoms with Crippen molar-refractivity contribution in [3.05, 3.63) is 0 Å². The van der Waals surface area contributed by atoms with E-state index in [0.29, 0.717) is 12.1 Å². The summed E-state index contributed by atoms with van der Waals surface area (Å²) in [5, 5.41) is 4.28. The molecule has 1 saturated heterocycles. The van der Waals surface area contributed by atoms with Gasteiger partial charge in [0.05, 0.1) is 6.10 Å². The normalized spacial score (nSPS) is 24.4. The van der Waals surface area contributed by atoms with Gasteiger partial charge in [-0.15, -0.1) is 0 Å². The summed E-state index contributed by atoms with van der Waals surface area (Å²) in [6.07, 6.45) is 2.92. The molecule has 1 rings (SSSR count). The van der Waals surface area contributed by atoms with Gasteiger partial charge >= 0.3 is 0 Å². The molecule has 14 heavy (non-hydrogen) atoms. The van der Waals surface area contributed by atoms with E-state index in [4.69, 9.17) is 4.74 Å². The number of rotatable bonds is 6. The minimum atomic E-state index is 0.457. The lowest BCUT2D eigenvalue weighted by atomic mass is 10.1. The molecule has 84 valence electrons. The van der Waals surface area contributed by atoms with Crippen LogP contribution < -0.4 is 5.32 Å². The molecule has 0 radical (unpaired) electrons. The standard InChI is InChI=1S/C11H23NOS/c1-9(2)14-8-6-12-10(3)11-5-4-7-13-11/h9-12H,4-8H2,1-3H3. The summed E-state index contributed by atoms with van der Waals surface area (Å²) in [5.74, 6) is 1.20. The molecule has 1 aliphatic heterocycles. The largest absolute Gasteiger partial charge is 0.377 e. The molecule has 1 fully saturated rings. The van der Waals surface area contributed by atoms with Gasteiger partial charge in [0, 0.05) is 24.9 Å². The van der Waals surface area contributed by atoms with Crippen LogP contribution in [0.4, 0.5) is 0 Å². The Labute approximate surface area is 92.2 Å². The summed E-state index contributed by atoms with van der Waals surface area (Å²) in [6.45, 7) is 8.78. The van der Waals surface area contributed by atoms with Gasteiger partial charge in [0.1, 0.15) is 0 Å². The Morgan fingerprint density at radius 1 is 1.43 bits per heavy atom. The molecule has 2 unspecified atom stereocenters. The van der Waals surface area contributed by atoms with E-state index >= 15 is 0 Å². The first kappa shape index (κ1) is 12.3. The van der Waals surface area contributed by atoms with Gasteiger partial charge in [0.2, 0.25) is 0 Å². The van der Waals surface area contributed by atoms with Gasteiger partial charge in [-0.3, -0.25) is 0 Å². The van der Waals surface area contributed by atoms with Crippen LogP contribution in [0.2, 0.25) is 0 Å². The van der Waals surface area contributed by atoms with Crippen LogP contribution in [0.25, 0.3) is 0 Å². The number of nitrogens with one attached hydrogen (secondary N) is 1. The number of hydrogen-bond donors (Lipinski definition) is 1. The maximum atomic E-state index is 5.62. The lowest BCUT2D eigenvalue weighted by molar-refractivity contribution is 0.0844. The molecular weight excluding hydrogens is 194 g/mol. The number of hydrogen-bond acceptors (Lipinski definition) is 3. The average Bonchev–Trinajstić information content (AvgIpc) is 2.64. The van der Waals surface area contributed by atoms with Crippen molar-refractivity contribution < 1.29 is 4.74 Å². The number of ether oxygens (including phenoxy) is 1. The summed E-state index contributed by atoms with van der Waals surface area (Å²) in [7, 11) is 0. The zero-order chi connectivity index (χ0) is 10.4. The third-order valence-electron chi connectivity index (χ3n) is 2.54. The van der Waals surface area contributed by atoms with E-state index in [1.807, 2.05) is 11.8 Å². The maximum absolute atomic E-state index is 5.62. The van der Waals surface area contributed by atoms with Crippen LogP contribution in [0, 0.1) is 0 Å². The van der Waals surface area contributed by atoms with Crippen molar-refractivity contribution in [2.45, 2.75) is 51.0 Å². The van der Waals surface area contributed by atoms with Gasteiger partial charge in [-0.05, 0) is 25.0 Å². The van der Waals surface area contributed by atoms with Gasteiger partial charge in [0.15, 0.2) is 0 Å². The second kappa shape index (κ2) is 6.70. The molecule has 0 amide bonds. The molecule has 0 bridgehead atoms. The third kappa shape index (κ3) is 4.67. The summed E-state index contributed by atoms with van der Waals surface area (Å²) >= 11 is 2.01. The smallest absolute Gasteiger partial charge is 0.0726 e. The number of thioether (sulfide) groups is 1. The van der Waals surface area contributed by atoms with Crippen LogP contribution in [0.5, 0.6) is 0 Å². The predicted molar refractivity (Wildman–Crippen MR) is 64.0 cm³/mol. The molecule has 1 aliphatic rings. The molecule has 0 aromatic carbocycles. The molecule has 1 heterocycles. The van der Waals surface area contributed by atoms with Crippen molar-refractivity contribution in [2.75, 3.05) is 18.9 Å². The first-order valence-corrected chi connectivity index (χ1v) is 6.71. The van der Waals surface area contributed by atoms with E-state index in [0.717, 1.165) is 18.4 Å². The van der Waals surface area contributed by atoms with Gasteiger partial charge in [-0.1, -0.05) is 13.8 Å². The molecule has 0 aromatic heterocycles. The topological polar surface area (TPSA) is 21.3 Å².